The molecule has 3 aromatic rings. The zero-order chi connectivity index (χ0) is 55.7. The largest absolute Gasteiger partial charge is 0.508 e. The van der Waals surface area contributed by atoms with Gasteiger partial charge in [0, 0.05) is 23.8 Å². The van der Waals surface area contributed by atoms with Crippen LogP contribution in [0.4, 0.5) is 0 Å². The lowest BCUT2D eigenvalue weighted by Crippen LogP contribution is -2.60. The number of benzene rings is 3. The number of phenolic OH excluding ortho intramolecular Hbond substituents is 3. The maximum absolute atomic E-state index is 12.9. The van der Waals surface area contributed by atoms with Crippen LogP contribution in [0.3, 0.4) is 0 Å². The molecule has 5 heterocycles. The molecule has 5 aliphatic rings. The van der Waals surface area contributed by atoms with E-state index in [1.54, 1.807) is 0 Å². The Labute approximate surface area is 434 Å². The van der Waals surface area contributed by atoms with Crippen molar-refractivity contribution in [2.24, 2.45) is 0 Å². The van der Waals surface area contributed by atoms with Crippen molar-refractivity contribution >= 4 is 18.1 Å². The van der Waals surface area contributed by atoms with E-state index in [0.29, 0.717) is 5.56 Å². The van der Waals surface area contributed by atoms with Gasteiger partial charge in [0.1, 0.15) is 133 Å². The number of carbonyl (C=O) groups excluding carboxylic acids is 1. The molecule has 0 saturated carbocycles. The lowest BCUT2D eigenvalue weighted by atomic mass is 9.98. The van der Waals surface area contributed by atoms with Crippen LogP contribution in [-0.4, -0.2) is 247 Å². The van der Waals surface area contributed by atoms with Crippen LogP contribution < -0.4 is 18.9 Å². The molecule has 8 rings (SSSR count). The number of esters is 1. The molecule has 1 unspecified atom stereocenters. The summed E-state index contributed by atoms with van der Waals surface area (Å²) < 4.78 is 56.8. The first-order valence-corrected chi connectivity index (χ1v) is 23.7. The van der Waals surface area contributed by atoms with Crippen molar-refractivity contribution in [1.82, 2.24) is 0 Å². The average Bonchev–Trinajstić information content (AvgIpc) is 3.42. The summed E-state index contributed by atoms with van der Waals surface area (Å²) in [4.78, 5) is 12.9. The fraction of sp³-hybridized carbons (Fsp3) is 0.521. The minimum atomic E-state index is -2.14. The van der Waals surface area contributed by atoms with E-state index in [4.69, 9.17) is 47.4 Å². The molecule has 29 nitrogen and oxygen atoms in total. The Kier molecular flexibility index (Phi) is 18.0. The Morgan fingerprint density at radius 1 is 0.519 bits per heavy atom. The van der Waals surface area contributed by atoms with Crippen LogP contribution in [-0.2, 0) is 33.2 Å². The average molecular weight is 1100 g/mol. The van der Waals surface area contributed by atoms with Gasteiger partial charge in [-0.3, -0.25) is 0 Å². The van der Waals surface area contributed by atoms with Gasteiger partial charge in [-0.1, -0.05) is 12.1 Å². The normalized spacial score (nSPS) is 37.2. The molecule has 4 fully saturated rings. The number of fused-ring (bicyclic) bond motifs is 1. The Hall–Kier alpha value is -5.75. The molecule has 4 saturated heterocycles. The van der Waals surface area contributed by atoms with Crippen LogP contribution in [0.2, 0.25) is 0 Å². The van der Waals surface area contributed by atoms with E-state index in [0.717, 1.165) is 36.4 Å². The highest BCUT2D eigenvalue weighted by Gasteiger charge is 2.50. The molecule has 424 valence electrons. The summed E-state index contributed by atoms with van der Waals surface area (Å²) in [5.74, 6) is -5.03. The zero-order valence-electron chi connectivity index (χ0n) is 39.8. The van der Waals surface area contributed by atoms with Crippen LogP contribution in [0.1, 0.15) is 22.8 Å². The SMILES string of the molecule is O=C(/C=C/c1ccc(O[C@@H]2O[C@H](CO)[C@@H](O)[C@H](O)[C@H]2O)cc1)OC[C@H]1O[C@@H](Oc2cc(C3Oc4cc(O)cc(O)c4C=C3O[C@@H]3O[C@H](CO)[C@@H](O)[C@H](O)[C@H]3O)cc(O[C@@H]3O[C@H](CO)[C@@H](O)[C@H](O)[C@@H]3O)c2O)[C@H](O)[C@@H](O)[C@@H]1O. The minimum Gasteiger partial charge on any atom is -0.508 e. The summed E-state index contributed by atoms with van der Waals surface area (Å²) in [6, 6.07) is 9.78. The third-order valence-electron chi connectivity index (χ3n) is 13.1. The molecule has 0 spiro atoms. The second-order valence-corrected chi connectivity index (χ2v) is 18.4. The first kappa shape index (κ1) is 57.4. The molecule has 0 bridgehead atoms. The quantitative estimate of drug-likeness (QED) is 0.0469. The van der Waals surface area contributed by atoms with E-state index in [1.807, 2.05) is 0 Å². The van der Waals surface area contributed by atoms with Crippen molar-refractivity contribution in [3.8, 4) is 40.2 Å². The van der Waals surface area contributed by atoms with Crippen molar-refractivity contribution in [1.29, 1.82) is 0 Å². The first-order valence-electron chi connectivity index (χ1n) is 23.7. The second-order valence-electron chi connectivity index (χ2n) is 18.4. The number of aliphatic hydroxyl groups excluding tert-OH is 15. The van der Waals surface area contributed by atoms with E-state index in [1.165, 1.54) is 30.3 Å². The second kappa shape index (κ2) is 24.1. The molecule has 5 aliphatic heterocycles. The van der Waals surface area contributed by atoms with Crippen molar-refractivity contribution in [2.45, 2.75) is 129 Å². The van der Waals surface area contributed by atoms with Gasteiger partial charge in [0.15, 0.2) is 17.6 Å². The molecular formula is C48H58O29. The number of aliphatic hydroxyl groups is 15. The number of hydrogen-bond acceptors (Lipinski definition) is 29. The Morgan fingerprint density at radius 2 is 0.961 bits per heavy atom. The van der Waals surface area contributed by atoms with Crippen LogP contribution in [0, 0.1) is 0 Å². The van der Waals surface area contributed by atoms with Gasteiger partial charge in [-0.05, 0) is 42.0 Å². The Balaban J connectivity index is 1.04. The van der Waals surface area contributed by atoms with Gasteiger partial charge < -0.3 is 139 Å². The molecule has 0 amide bonds. The number of ether oxygens (including phenoxy) is 10. The van der Waals surface area contributed by atoms with Crippen LogP contribution in [0.15, 0.2) is 60.4 Å². The summed E-state index contributed by atoms with van der Waals surface area (Å²) in [6.45, 7) is -3.23. The standard InChI is InChI=1S/C48H58O29/c49-12-26-32(56)36(60)40(64)45(74-26)69-19-4-1-16(2-5-19)3-6-30(54)68-15-29-35(59)39(63)43(67)47(77-29)72-24-8-17(7-23(31(24)55)71-46-41(65)37(61)33(57)27(13-50)75-46)44-25(11-20-21(53)9-18(52)10-22(20)70-44)73-48-42(66)38(62)34(58)28(14-51)76-48/h1-11,26-29,32-53,55-67H,12-15H2/b6-3+/t26-,27-,28-,29-,32-,33-,34-,35-,36+,37+,38+,39+,40-,41+,42-,43-,44?,45-,46-,47-,48-/m1/s1. The Morgan fingerprint density at radius 3 is 1.44 bits per heavy atom. The first-order chi connectivity index (χ1) is 36.6. The van der Waals surface area contributed by atoms with E-state index < -0.39 is 196 Å². The van der Waals surface area contributed by atoms with Gasteiger partial charge >= 0.3 is 5.97 Å². The fourth-order valence-electron chi connectivity index (χ4n) is 8.70. The summed E-state index contributed by atoms with van der Waals surface area (Å²) >= 11 is 0. The van der Waals surface area contributed by atoms with E-state index in [-0.39, 0.29) is 22.6 Å². The van der Waals surface area contributed by atoms with E-state index in [9.17, 15) is 96.7 Å². The highest BCUT2D eigenvalue weighted by Crippen LogP contribution is 2.48. The summed E-state index contributed by atoms with van der Waals surface area (Å²) in [7, 11) is 0. The fourth-order valence-corrected chi connectivity index (χ4v) is 8.70. The summed E-state index contributed by atoms with van der Waals surface area (Å²) in [6.07, 6.45) is -34.3. The van der Waals surface area contributed by atoms with Gasteiger partial charge in [0.25, 0.3) is 0 Å². The monoisotopic (exact) mass is 1100 g/mol. The minimum absolute atomic E-state index is 0.128. The summed E-state index contributed by atoms with van der Waals surface area (Å²) in [5, 5.41) is 189. The van der Waals surface area contributed by atoms with Crippen LogP contribution in [0.5, 0.6) is 40.2 Å². The van der Waals surface area contributed by atoms with Crippen LogP contribution in [0.25, 0.3) is 12.2 Å². The molecule has 0 radical (unpaired) electrons. The van der Waals surface area contributed by atoms with Gasteiger partial charge in [-0.25, -0.2) is 4.79 Å². The number of phenols is 3. The molecule has 18 N–H and O–H groups in total. The number of carbonyl (C=O) groups is 1. The lowest BCUT2D eigenvalue weighted by Gasteiger charge is -2.41. The van der Waals surface area contributed by atoms with Gasteiger partial charge in [0.2, 0.25) is 30.9 Å². The number of aromatic hydroxyl groups is 3. The highest BCUT2D eigenvalue weighted by atomic mass is 16.7. The van der Waals surface area contributed by atoms with E-state index >= 15 is 0 Å². The molecule has 21 atom stereocenters. The molecule has 3 aromatic carbocycles. The van der Waals surface area contributed by atoms with Gasteiger partial charge in [-0.15, -0.1) is 0 Å². The third-order valence-corrected chi connectivity index (χ3v) is 13.1. The third kappa shape index (κ3) is 12.1. The van der Waals surface area contributed by atoms with Crippen LogP contribution >= 0.6 is 0 Å². The smallest absolute Gasteiger partial charge is 0.330 e. The molecule has 77 heavy (non-hydrogen) atoms. The predicted octanol–water partition coefficient (Wildman–Crippen LogP) is -6.11. The number of rotatable bonds is 16. The molecule has 0 aliphatic carbocycles. The van der Waals surface area contributed by atoms with Gasteiger partial charge in [-0.2, -0.15) is 0 Å². The summed E-state index contributed by atoms with van der Waals surface area (Å²) in [5.41, 5.74) is 0.0426. The van der Waals surface area contributed by atoms with Crippen molar-refractivity contribution in [3.05, 3.63) is 77.1 Å². The predicted molar refractivity (Wildman–Crippen MR) is 247 cm³/mol. The maximum Gasteiger partial charge on any atom is 0.330 e. The van der Waals surface area contributed by atoms with E-state index in [2.05, 4.69) is 0 Å². The topological polar surface area (TPSA) is 474 Å². The highest BCUT2D eigenvalue weighted by molar-refractivity contribution is 5.87. The molecule has 0 aromatic heterocycles. The molecular weight excluding hydrogens is 1040 g/mol. The lowest BCUT2D eigenvalue weighted by molar-refractivity contribution is -0.293. The maximum atomic E-state index is 12.9. The molecule has 29 heteroatoms. The van der Waals surface area contributed by atoms with Crippen molar-refractivity contribution in [3.63, 3.8) is 0 Å². The van der Waals surface area contributed by atoms with Gasteiger partial charge in [0.05, 0.1) is 25.4 Å². The number of hydrogen-bond donors (Lipinski definition) is 18. The van der Waals surface area contributed by atoms with Crippen molar-refractivity contribution in [2.75, 3.05) is 26.4 Å². The Bertz CT molecular complexity index is 2560. The van der Waals surface area contributed by atoms with Crippen molar-refractivity contribution < 1.29 is 144 Å². The zero-order valence-corrected chi connectivity index (χ0v) is 39.8.